The van der Waals surface area contributed by atoms with Crippen molar-refractivity contribution in [2.75, 3.05) is 26.2 Å². The Morgan fingerprint density at radius 2 is 2.04 bits per heavy atom. The Morgan fingerprint density at radius 1 is 1.35 bits per heavy atom. The number of quaternary nitrogens is 1. The van der Waals surface area contributed by atoms with Gasteiger partial charge in [0.2, 0.25) is 10.0 Å². The minimum Gasteiger partial charge on any atom is -0.351 e. The third kappa shape index (κ3) is 5.93. The van der Waals surface area contributed by atoms with Crippen LogP contribution in [0.4, 0.5) is 0 Å². The van der Waals surface area contributed by atoms with Crippen molar-refractivity contribution >= 4 is 15.9 Å². The second kappa shape index (κ2) is 7.90. The predicted molar refractivity (Wildman–Crippen MR) is 88.5 cm³/mol. The van der Waals surface area contributed by atoms with Gasteiger partial charge < -0.3 is 10.2 Å². The third-order valence-corrected chi connectivity index (χ3v) is 5.19. The number of piperidine rings is 1. The average molecular weight is 340 g/mol. The van der Waals surface area contributed by atoms with Gasteiger partial charge in [-0.05, 0) is 37.0 Å². The first-order valence-electron chi connectivity index (χ1n) is 8.06. The molecule has 0 spiro atoms. The molecular formula is C16H26N3O3S+. The van der Waals surface area contributed by atoms with Gasteiger partial charge in [0.15, 0.2) is 6.54 Å². The quantitative estimate of drug-likeness (QED) is 0.640. The first-order valence-corrected chi connectivity index (χ1v) is 9.61. The number of nitrogens with two attached hydrogens (primary N) is 1. The first-order chi connectivity index (χ1) is 10.8. The fraction of sp³-hybridized carbons (Fsp3) is 0.562. The van der Waals surface area contributed by atoms with Gasteiger partial charge in [0, 0.05) is 12.5 Å². The number of hydrogen-bond donors (Lipinski definition) is 3. The molecule has 1 aromatic rings. The van der Waals surface area contributed by atoms with Crippen molar-refractivity contribution in [1.29, 1.82) is 0 Å². The number of hydrogen-bond acceptors (Lipinski definition) is 3. The maximum absolute atomic E-state index is 12.0. The molecule has 4 N–H and O–H groups in total. The summed E-state index contributed by atoms with van der Waals surface area (Å²) >= 11 is 0. The van der Waals surface area contributed by atoms with Crippen molar-refractivity contribution in [2.24, 2.45) is 11.1 Å². The largest absolute Gasteiger partial charge is 0.351 e. The van der Waals surface area contributed by atoms with Crippen LogP contribution in [0.25, 0.3) is 0 Å². The van der Waals surface area contributed by atoms with Crippen LogP contribution in [0.2, 0.25) is 0 Å². The molecule has 128 valence electrons. The van der Waals surface area contributed by atoms with Gasteiger partial charge in [-0.1, -0.05) is 19.1 Å². The van der Waals surface area contributed by atoms with Crippen LogP contribution < -0.4 is 15.4 Å². The standard InChI is InChI=1S/C16H25N3O3S/c1-13-3-2-10-19(11-13)12-16(20)18-9-8-14-4-6-15(7-5-14)23(17,21)22/h4-7,13H,2-3,8-12H2,1H3,(H,18,20)(H2,17,21,22)/p+1/t13-/m1/s1. The summed E-state index contributed by atoms with van der Waals surface area (Å²) in [6.45, 7) is 5.47. The highest BCUT2D eigenvalue weighted by molar-refractivity contribution is 7.89. The second-order valence-corrected chi connectivity index (χ2v) is 7.98. The molecule has 1 heterocycles. The summed E-state index contributed by atoms with van der Waals surface area (Å²) in [5.41, 5.74) is 0.969. The Labute approximate surface area is 138 Å². The van der Waals surface area contributed by atoms with E-state index in [-0.39, 0.29) is 10.8 Å². The van der Waals surface area contributed by atoms with E-state index >= 15 is 0 Å². The van der Waals surface area contributed by atoms with Crippen LogP contribution in [0.1, 0.15) is 25.3 Å². The number of carbonyl (C=O) groups excluding carboxylic acids is 1. The van der Waals surface area contributed by atoms with E-state index in [0.29, 0.717) is 25.4 Å². The van der Waals surface area contributed by atoms with Gasteiger partial charge in [-0.2, -0.15) is 0 Å². The van der Waals surface area contributed by atoms with E-state index in [1.807, 2.05) is 0 Å². The Morgan fingerprint density at radius 3 is 2.65 bits per heavy atom. The van der Waals surface area contributed by atoms with Gasteiger partial charge in [0.1, 0.15) is 0 Å². The lowest BCUT2D eigenvalue weighted by Gasteiger charge is -2.27. The molecular weight excluding hydrogens is 314 g/mol. The van der Waals surface area contributed by atoms with E-state index in [4.69, 9.17) is 5.14 Å². The van der Waals surface area contributed by atoms with E-state index in [1.165, 1.54) is 29.9 Å². The zero-order valence-electron chi connectivity index (χ0n) is 13.5. The highest BCUT2D eigenvalue weighted by Crippen LogP contribution is 2.09. The van der Waals surface area contributed by atoms with Crippen LogP contribution in [0.15, 0.2) is 29.2 Å². The fourth-order valence-electron chi connectivity index (χ4n) is 3.04. The third-order valence-electron chi connectivity index (χ3n) is 4.26. The first kappa shape index (κ1) is 17.9. The molecule has 0 saturated carbocycles. The summed E-state index contributed by atoms with van der Waals surface area (Å²) in [7, 11) is -3.65. The summed E-state index contributed by atoms with van der Waals surface area (Å²) in [6.07, 6.45) is 3.13. The minimum atomic E-state index is -3.65. The number of benzene rings is 1. The Hall–Kier alpha value is -1.44. The molecule has 7 heteroatoms. The number of rotatable bonds is 6. The molecule has 1 saturated heterocycles. The molecule has 1 aromatic carbocycles. The van der Waals surface area contributed by atoms with Crippen LogP contribution in [0.3, 0.4) is 0 Å². The molecule has 6 nitrogen and oxygen atoms in total. The zero-order valence-corrected chi connectivity index (χ0v) is 14.4. The van der Waals surface area contributed by atoms with Crippen molar-refractivity contribution < 1.29 is 18.1 Å². The summed E-state index contributed by atoms with van der Waals surface area (Å²) in [5, 5.41) is 7.99. The van der Waals surface area contributed by atoms with E-state index in [2.05, 4.69) is 12.2 Å². The van der Waals surface area contributed by atoms with Gasteiger partial charge in [0.25, 0.3) is 5.91 Å². The number of sulfonamides is 1. The molecule has 1 unspecified atom stereocenters. The molecule has 1 aliphatic heterocycles. The van der Waals surface area contributed by atoms with Crippen LogP contribution in [-0.2, 0) is 21.2 Å². The Balaban J connectivity index is 1.73. The maximum Gasteiger partial charge on any atom is 0.275 e. The lowest BCUT2D eigenvalue weighted by Crippen LogP contribution is -3.14. The van der Waals surface area contributed by atoms with Gasteiger partial charge >= 0.3 is 0 Å². The highest BCUT2D eigenvalue weighted by Gasteiger charge is 2.21. The Kier molecular flexibility index (Phi) is 6.15. The van der Waals surface area contributed by atoms with E-state index in [9.17, 15) is 13.2 Å². The molecule has 2 atom stereocenters. The molecule has 0 bridgehead atoms. The molecule has 0 aliphatic carbocycles. The number of carbonyl (C=O) groups is 1. The molecule has 0 aromatic heterocycles. The van der Waals surface area contributed by atoms with Crippen LogP contribution in [-0.4, -0.2) is 40.5 Å². The summed E-state index contributed by atoms with van der Waals surface area (Å²) in [4.78, 5) is 13.4. The number of nitrogens with one attached hydrogen (secondary N) is 2. The van der Waals surface area contributed by atoms with Gasteiger partial charge in [0.05, 0.1) is 18.0 Å². The monoisotopic (exact) mass is 340 g/mol. The molecule has 23 heavy (non-hydrogen) atoms. The van der Waals surface area contributed by atoms with E-state index in [1.54, 1.807) is 12.1 Å². The van der Waals surface area contributed by atoms with Gasteiger partial charge in [-0.15, -0.1) is 0 Å². The lowest BCUT2D eigenvalue weighted by atomic mass is 10.0. The van der Waals surface area contributed by atoms with Crippen LogP contribution >= 0.6 is 0 Å². The fourth-order valence-corrected chi connectivity index (χ4v) is 3.56. The van der Waals surface area contributed by atoms with E-state index in [0.717, 1.165) is 18.7 Å². The molecule has 1 aliphatic rings. The molecule has 1 fully saturated rings. The van der Waals surface area contributed by atoms with Gasteiger partial charge in [-0.3, -0.25) is 4.79 Å². The highest BCUT2D eigenvalue weighted by atomic mass is 32.2. The predicted octanol–water partition coefficient (Wildman–Crippen LogP) is -0.692. The minimum absolute atomic E-state index is 0.0789. The van der Waals surface area contributed by atoms with Crippen LogP contribution in [0, 0.1) is 5.92 Å². The molecule has 0 radical (unpaired) electrons. The van der Waals surface area contributed by atoms with Gasteiger partial charge in [-0.25, -0.2) is 13.6 Å². The second-order valence-electron chi connectivity index (χ2n) is 6.42. The topological polar surface area (TPSA) is 93.7 Å². The SMILES string of the molecule is C[C@@H]1CCC[NH+](CC(=O)NCCc2ccc(S(N)(=O)=O)cc2)C1. The maximum atomic E-state index is 12.0. The van der Waals surface area contributed by atoms with Crippen molar-refractivity contribution in [3.63, 3.8) is 0 Å². The van der Waals surface area contributed by atoms with Crippen molar-refractivity contribution in [3.8, 4) is 0 Å². The summed E-state index contributed by atoms with van der Waals surface area (Å²) in [5.74, 6) is 0.777. The zero-order chi connectivity index (χ0) is 16.9. The number of primary sulfonamides is 1. The molecule has 1 amide bonds. The lowest BCUT2D eigenvalue weighted by molar-refractivity contribution is -0.900. The van der Waals surface area contributed by atoms with E-state index < -0.39 is 10.0 Å². The summed E-state index contributed by atoms with van der Waals surface area (Å²) < 4.78 is 22.4. The molecule has 2 rings (SSSR count). The van der Waals surface area contributed by atoms with Crippen molar-refractivity contribution in [3.05, 3.63) is 29.8 Å². The normalized spacial score (nSPS) is 21.8. The van der Waals surface area contributed by atoms with Crippen LogP contribution in [0.5, 0.6) is 0 Å². The van der Waals surface area contributed by atoms with Crippen molar-refractivity contribution in [2.45, 2.75) is 31.1 Å². The summed E-state index contributed by atoms with van der Waals surface area (Å²) in [6, 6.07) is 6.43. The Bertz CT molecular complexity index is 628. The van der Waals surface area contributed by atoms with Crippen molar-refractivity contribution in [1.82, 2.24) is 5.32 Å². The number of likely N-dealkylation sites (tertiary alicyclic amines) is 1. The average Bonchev–Trinajstić information content (AvgIpc) is 2.47. The number of amides is 1. The smallest absolute Gasteiger partial charge is 0.275 e.